The van der Waals surface area contributed by atoms with Crippen molar-refractivity contribution in [1.82, 2.24) is 5.43 Å². The van der Waals surface area contributed by atoms with Crippen LogP contribution >= 0.6 is 11.8 Å². The molecule has 60 valence electrons. The van der Waals surface area contributed by atoms with Crippen molar-refractivity contribution in [2.24, 2.45) is 5.84 Å². The van der Waals surface area contributed by atoms with Crippen molar-refractivity contribution in [3.63, 3.8) is 0 Å². The van der Waals surface area contributed by atoms with Gasteiger partial charge in [0.05, 0.1) is 5.25 Å². The smallest absolute Gasteiger partial charge is 0.246 e. The van der Waals surface area contributed by atoms with E-state index in [0.717, 1.165) is 12.8 Å². The number of thioether (sulfide) groups is 1. The number of hydrazine groups is 1. The first kappa shape index (κ1) is 9.78. The Kier molecular flexibility index (Phi) is 5.43. The summed E-state index contributed by atoms with van der Waals surface area (Å²) in [5.74, 6) is 4.89. The third kappa shape index (κ3) is 3.08. The van der Waals surface area contributed by atoms with Gasteiger partial charge in [-0.3, -0.25) is 10.2 Å². The van der Waals surface area contributed by atoms with Crippen LogP contribution in [-0.4, -0.2) is 17.4 Å². The highest BCUT2D eigenvalue weighted by molar-refractivity contribution is 7.99. The Balaban J connectivity index is 3.68. The van der Waals surface area contributed by atoms with E-state index >= 15 is 0 Å². The second kappa shape index (κ2) is 5.56. The van der Waals surface area contributed by atoms with E-state index in [1.54, 1.807) is 0 Å². The minimum absolute atomic E-state index is 0.0231. The number of carbonyl (C=O) groups is 1. The largest absolute Gasteiger partial charge is 0.293 e. The SMILES string of the molecule is CCCC(SC)C(=O)NN. The first-order valence-electron chi connectivity index (χ1n) is 3.29. The normalized spacial score (nSPS) is 12.7. The maximum absolute atomic E-state index is 10.9. The topological polar surface area (TPSA) is 55.1 Å². The Morgan fingerprint density at radius 1 is 1.80 bits per heavy atom. The summed E-state index contributed by atoms with van der Waals surface area (Å²) >= 11 is 1.54. The third-order valence-electron chi connectivity index (χ3n) is 1.27. The summed E-state index contributed by atoms with van der Waals surface area (Å²) in [7, 11) is 0. The van der Waals surface area contributed by atoms with Crippen molar-refractivity contribution in [3.05, 3.63) is 0 Å². The highest BCUT2D eigenvalue weighted by Gasteiger charge is 2.13. The zero-order valence-corrected chi connectivity index (χ0v) is 7.20. The monoisotopic (exact) mass is 162 g/mol. The lowest BCUT2D eigenvalue weighted by Gasteiger charge is -2.09. The minimum Gasteiger partial charge on any atom is -0.293 e. The van der Waals surface area contributed by atoms with Crippen LogP contribution in [0.3, 0.4) is 0 Å². The molecule has 0 spiro atoms. The van der Waals surface area contributed by atoms with Crippen LogP contribution in [0.25, 0.3) is 0 Å². The van der Waals surface area contributed by atoms with Crippen LogP contribution in [0.5, 0.6) is 0 Å². The van der Waals surface area contributed by atoms with E-state index in [9.17, 15) is 4.79 Å². The molecule has 0 aliphatic rings. The quantitative estimate of drug-likeness (QED) is 0.360. The molecule has 0 aromatic carbocycles. The van der Waals surface area contributed by atoms with E-state index in [0.29, 0.717) is 0 Å². The predicted molar refractivity (Wildman–Crippen MR) is 44.5 cm³/mol. The van der Waals surface area contributed by atoms with Crippen LogP contribution in [0.4, 0.5) is 0 Å². The molecular formula is C6H14N2OS. The fourth-order valence-electron chi connectivity index (χ4n) is 0.711. The standard InChI is InChI=1S/C6H14N2OS/c1-3-4-5(10-2)6(9)8-7/h5H,3-4,7H2,1-2H3,(H,8,9). The maximum Gasteiger partial charge on any atom is 0.246 e. The molecule has 0 aromatic heterocycles. The molecule has 0 saturated heterocycles. The molecule has 3 N–H and O–H groups in total. The zero-order chi connectivity index (χ0) is 7.98. The van der Waals surface area contributed by atoms with E-state index in [1.807, 2.05) is 13.2 Å². The number of amides is 1. The molecule has 0 aliphatic heterocycles. The van der Waals surface area contributed by atoms with Crippen molar-refractivity contribution in [2.45, 2.75) is 25.0 Å². The highest BCUT2D eigenvalue weighted by atomic mass is 32.2. The Morgan fingerprint density at radius 2 is 2.40 bits per heavy atom. The van der Waals surface area contributed by atoms with Crippen LogP contribution in [-0.2, 0) is 4.79 Å². The second-order valence-corrected chi connectivity index (χ2v) is 3.06. The van der Waals surface area contributed by atoms with Crippen LogP contribution < -0.4 is 11.3 Å². The van der Waals surface area contributed by atoms with E-state index in [4.69, 9.17) is 5.84 Å². The number of carbonyl (C=O) groups excluding carboxylic acids is 1. The zero-order valence-electron chi connectivity index (χ0n) is 6.39. The van der Waals surface area contributed by atoms with Gasteiger partial charge in [0.2, 0.25) is 5.91 Å². The fraction of sp³-hybridized carbons (Fsp3) is 0.833. The third-order valence-corrected chi connectivity index (χ3v) is 2.29. The summed E-state index contributed by atoms with van der Waals surface area (Å²) in [6, 6.07) is 0. The molecule has 0 saturated carbocycles. The van der Waals surface area contributed by atoms with Gasteiger partial charge in [0.15, 0.2) is 0 Å². The molecule has 0 heterocycles. The Bertz CT molecular complexity index is 108. The van der Waals surface area contributed by atoms with Crippen molar-refractivity contribution in [1.29, 1.82) is 0 Å². The van der Waals surface area contributed by atoms with Gasteiger partial charge in [0.1, 0.15) is 0 Å². The first-order valence-corrected chi connectivity index (χ1v) is 4.58. The molecule has 0 aliphatic carbocycles. The van der Waals surface area contributed by atoms with Crippen LogP contribution in [0.1, 0.15) is 19.8 Å². The van der Waals surface area contributed by atoms with Crippen molar-refractivity contribution < 1.29 is 4.79 Å². The minimum atomic E-state index is -0.0747. The lowest BCUT2D eigenvalue weighted by Crippen LogP contribution is -2.37. The van der Waals surface area contributed by atoms with Crippen LogP contribution in [0, 0.1) is 0 Å². The van der Waals surface area contributed by atoms with E-state index in [-0.39, 0.29) is 11.2 Å². The van der Waals surface area contributed by atoms with Gasteiger partial charge in [0, 0.05) is 0 Å². The molecule has 0 radical (unpaired) electrons. The number of hydrogen-bond donors (Lipinski definition) is 2. The number of rotatable bonds is 4. The molecule has 1 atom stereocenters. The van der Waals surface area contributed by atoms with Gasteiger partial charge in [-0.1, -0.05) is 13.3 Å². The summed E-state index contributed by atoms with van der Waals surface area (Å²) in [6.07, 6.45) is 3.82. The molecule has 0 fully saturated rings. The Labute approximate surface area is 65.7 Å². The molecule has 0 rings (SSSR count). The van der Waals surface area contributed by atoms with Crippen LogP contribution in [0.15, 0.2) is 0 Å². The first-order chi connectivity index (χ1) is 4.76. The van der Waals surface area contributed by atoms with Gasteiger partial charge in [-0.05, 0) is 12.7 Å². The van der Waals surface area contributed by atoms with E-state index in [1.165, 1.54) is 11.8 Å². The molecule has 1 amide bonds. The van der Waals surface area contributed by atoms with E-state index in [2.05, 4.69) is 5.43 Å². The van der Waals surface area contributed by atoms with Gasteiger partial charge in [-0.2, -0.15) is 11.8 Å². The van der Waals surface area contributed by atoms with Gasteiger partial charge >= 0.3 is 0 Å². The summed E-state index contributed by atoms with van der Waals surface area (Å²) in [4.78, 5) is 10.9. The Hall–Kier alpha value is -0.220. The molecule has 3 nitrogen and oxygen atoms in total. The summed E-state index contributed by atoms with van der Waals surface area (Å²) in [5.41, 5.74) is 2.14. The fourth-order valence-corrected chi connectivity index (χ4v) is 1.46. The molecule has 1 unspecified atom stereocenters. The summed E-state index contributed by atoms with van der Waals surface area (Å²) < 4.78 is 0. The van der Waals surface area contributed by atoms with Gasteiger partial charge in [-0.15, -0.1) is 0 Å². The predicted octanol–water partition coefficient (Wildman–Crippen LogP) is 0.508. The second-order valence-electron chi connectivity index (χ2n) is 2.02. The van der Waals surface area contributed by atoms with Gasteiger partial charge < -0.3 is 0 Å². The molecule has 0 bridgehead atoms. The van der Waals surface area contributed by atoms with Crippen molar-refractivity contribution in [3.8, 4) is 0 Å². The number of hydrogen-bond acceptors (Lipinski definition) is 3. The molecule has 10 heavy (non-hydrogen) atoms. The van der Waals surface area contributed by atoms with Crippen molar-refractivity contribution >= 4 is 17.7 Å². The average Bonchev–Trinajstić information content (AvgIpc) is 1.99. The average molecular weight is 162 g/mol. The Morgan fingerprint density at radius 3 is 2.70 bits per heavy atom. The van der Waals surface area contributed by atoms with Gasteiger partial charge in [0.25, 0.3) is 0 Å². The molecular weight excluding hydrogens is 148 g/mol. The summed E-state index contributed by atoms with van der Waals surface area (Å²) in [6.45, 7) is 2.05. The lowest BCUT2D eigenvalue weighted by atomic mass is 10.2. The highest BCUT2D eigenvalue weighted by Crippen LogP contribution is 2.12. The molecule has 4 heteroatoms. The van der Waals surface area contributed by atoms with E-state index < -0.39 is 0 Å². The summed E-state index contributed by atoms with van der Waals surface area (Å²) in [5, 5.41) is 0.0231. The number of nitrogens with one attached hydrogen (secondary N) is 1. The molecule has 0 aromatic rings. The number of nitrogens with two attached hydrogens (primary N) is 1. The van der Waals surface area contributed by atoms with Crippen LogP contribution in [0.2, 0.25) is 0 Å². The maximum atomic E-state index is 10.9. The van der Waals surface area contributed by atoms with Crippen molar-refractivity contribution in [2.75, 3.05) is 6.26 Å². The van der Waals surface area contributed by atoms with Gasteiger partial charge in [-0.25, -0.2) is 5.84 Å². The lowest BCUT2D eigenvalue weighted by molar-refractivity contribution is -0.120.